The monoisotopic (exact) mass is 386 g/mol. The molecule has 3 aromatic heterocycles. The van der Waals surface area contributed by atoms with Crippen molar-refractivity contribution < 1.29 is 0 Å². The lowest BCUT2D eigenvalue weighted by Crippen LogP contribution is -2.18. The van der Waals surface area contributed by atoms with E-state index in [1.165, 1.54) is 0 Å². The Morgan fingerprint density at radius 3 is 2.52 bits per heavy atom. The topological polar surface area (TPSA) is 77.6 Å². The fourth-order valence-electron chi connectivity index (χ4n) is 3.15. The van der Waals surface area contributed by atoms with Crippen LogP contribution in [0.25, 0.3) is 5.82 Å². The number of aromatic nitrogens is 5. The molecule has 0 aliphatic carbocycles. The van der Waals surface area contributed by atoms with Gasteiger partial charge in [-0.3, -0.25) is 9.78 Å². The van der Waals surface area contributed by atoms with Crippen molar-refractivity contribution in [1.29, 1.82) is 0 Å². The second kappa shape index (κ2) is 8.10. The number of pyridine rings is 1. The predicted octanol–water partition coefficient (Wildman–Crippen LogP) is 3.10. The maximum Gasteiger partial charge on any atom is 0.250 e. The molecule has 1 aromatic carbocycles. The highest BCUT2D eigenvalue weighted by Crippen LogP contribution is 2.12. The molecule has 4 rings (SSSR count). The van der Waals surface area contributed by atoms with Crippen LogP contribution in [0.3, 0.4) is 0 Å². The average molecular weight is 386 g/mol. The standard InChI is InChI=1S/C22H22N6O/c1-16-11-17(2)28(26-16)21-14-23-13-20(25-21)24-12-18-6-8-19(9-7-18)15-27-10-4-3-5-22(27)29/h3-11,13-14H,12,15H2,1-2H3,(H,24,25). The molecule has 0 amide bonds. The molecule has 0 radical (unpaired) electrons. The van der Waals surface area contributed by atoms with E-state index in [0.29, 0.717) is 24.7 Å². The van der Waals surface area contributed by atoms with Crippen LogP contribution >= 0.6 is 0 Å². The molecule has 0 bridgehead atoms. The summed E-state index contributed by atoms with van der Waals surface area (Å²) in [5.74, 6) is 1.37. The highest BCUT2D eigenvalue weighted by atomic mass is 16.1. The summed E-state index contributed by atoms with van der Waals surface area (Å²) < 4.78 is 3.47. The summed E-state index contributed by atoms with van der Waals surface area (Å²) in [6.07, 6.45) is 5.20. The van der Waals surface area contributed by atoms with E-state index >= 15 is 0 Å². The first-order valence-electron chi connectivity index (χ1n) is 9.41. The smallest absolute Gasteiger partial charge is 0.250 e. The lowest BCUT2D eigenvalue weighted by molar-refractivity contribution is 0.759. The normalized spacial score (nSPS) is 10.8. The largest absolute Gasteiger partial charge is 0.365 e. The third kappa shape index (κ3) is 4.40. The summed E-state index contributed by atoms with van der Waals surface area (Å²) >= 11 is 0. The van der Waals surface area contributed by atoms with E-state index in [2.05, 4.69) is 32.5 Å². The van der Waals surface area contributed by atoms with Crippen LogP contribution in [0, 0.1) is 13.8 Å². The molecule has 146 valence electrons. The molecular weight excluding hydrogens is 364 g/mol. The number of nitrogens with zero attached hydrogens (tertiary/aromatic N) is 5. The van der Waals surface area contributed by atoms with Gasteiger partial charge in [0, 0.05) is 24.5 Å². The summed E-state index contributed by atoms with van der Waals surface area (Å²) in [6, 6.07) is 15.4. The minimum Gasteiger partial charge on any atom is -0.365 e. The molecule has 7 nitrogen and oxygen atoms in total. The van der Waals surface area contributed by atoms with Crippen LogP contribution in [0.2, 0.25) is 0 Å². The summed E-state index contributed by atoms with van der Waals surface area (Å²) in [7, 11) is 0. The number of benzene rings is 1. The van der Waals surface area contributed by atoms with Gasteiger partial charge in [0.25, 0.3) is 5.56 Å². The molecule has 0 aliphatic heterocycles. The van der Waals surface area contributed by atoms with Crippen molar-refractivity contribution in [2.24, 2.45) is 0 Å². The highest BCUT2D eigenvalue weighted by molar-refractivity contribution is 5.38. The van der Waals surface area contributed by atoms with Crippen molar-refractivity contribution in [3.8, 4) is 5.82 Å². The van der Waals surface area contributed by atoms with E-state index in [1.807, 2.05) is 38.1 Å². The Morgan fingerprint density at radius 1 is 1.00 bits per heavy atom. The Labute approximate surface area is 168 Å². The second-order valence-corrected chi connectivity index (χ2v) is 6.94. The minimum absolute atomic E-state index is 0.000637. The summed E-state index contributed by atoms with van der Waals surface area (Å²) in [5, 5.41) is 7.76. The number of nitrogens with one attached hydrogen (secondary N) is 1. The van der Waals surface area contributed by atoms with Crippen LogP contribution in [0.15, 0.2) is 71.9 Å². The number of hydrogen-bond acceptors (Lipinski definition) is 5. The van der Waals surface area contributed by atoms with E-state index in [9.17, 15) is 4.79 Å². The Bertz CT molecular complexity index is 1180. The molecule has 1 N–H and O–H groups in total. The molecule has 4 aromatic rings. The van der Waals surface area contributed by atoms with Crippen molar-refractivity contribution in [1.82, 2.24) is 24.3 Å². The molecule has 0 atom stereocenters. The predicted molar refractivity (Wildman–Crippen MR) is 112 cm³/mol. The maximum absolute atomic E-state index is 11.8. The maximum atomic E-state index is 11.8. The van der Waals surface area contributed by atoms with Crippen LogP contribution < -0.4 is 10.9 Å². The zero-order valence-electron chi connectivity index (χ0n) is 16.4. The van der Waals surface area contributed by atoms with E-state index in [1.54, 1.807) is 40.0 Å². The van der Waals surface area contributed by atoms with Gasteiger partial charge < -0.3 is 9.88 Å². The van der Waals surface area contributed by atoms with E-state index < -0.39 is 0 Å². The number of aryl methyl sites for hydroxylation is 2. The van der Waals surface area contributed by atoms with Crippen LogP contribution in [-0.4, -0.2) is 24.3 Å². The highest BCUT2D eigenvalue weighted by Gasteiger charge is 2.06. The van der Waals surface area contributed by atoms with Crippen LogP contribution in [0.5, 0.6) is 0 Å². The third-order valence-electron chi connectivity index (χ3n) is 4.60. The van der Waals surface area contributed by atoms with Crippen molar-refractivity contribution in [3.63, 3.8) is 0 Å². The Morgan fingerprint density at radius 2 is 1.79 bits per heavy atom. The first-order chi connectivity index (χ1) is 14.1. The lowest BCUT2D eigenvalue weighted by atomic mass is 10.1. The van der Waals surface area contributed by atoms with Gasteiger partial charge in [0.05, 0.1) is 24.6 Å². The van der Waals surface area contributed by atoms with Crippen LogP contribution in [0.4, 0.5) is 5.82 Å². The molecule has 0 aliphatic rings. The van der Waals surface area contributed by atoms with Gasteiger partial charge in [0.15, 0.2) is 5.82 Å². The summed E-state index contributed by atoms with van der Waals surface area (Å²) in [6.45, 7) is 5.13. The third-order valence-corrected chi connectivity index (χ3v) is 4.60. The first kappa shape index (κ1) is 18.6. The van der Waals surface area contributed by atoms with Gasteiger partial charge in [0.1, 0.15) is 5.82 Å². The van der Waals surface area contributed by atoms with Crippen LogP contribution in [-0.2, 0) is 13.1 Å². The van der Waals surface area contributed by atoms with Crippen molar-refractivity contribution >= 4 is 5.82 Å². The van der Waals surface area contributed by atoms with Gasteiger partial charge >= 0.3 is 0 Å². The van der Waals surface area contributed by atoms with Crippen molar-refractivity contribution in [2.75, 3.05) is 5.32 Å². The Hall–Kier alpha value is -3.74. The molecule has 0 saturated carbocycles. The van der Waals surface area contributed by atoms with Crippen molar-refractivity contribution in [2.45, 2.75) is 26.9 Å². The molecule has 3 heterocycles. The van der Waals surface area contributed by atoms with E-state index in [4.69, 9.17) is 0 Å². The SMILES string of the molecule is Cc1cc(C)n(-c2cncc(NCc3ccc(Cn4ccccc4=O)cc3)n2)n1. The summed E-state index contributed by atoms with van der Waals surface area (Å²) in [4.78, 5) is 20.7. The van der Waals surface area contributed by atoms with Crippen molar-refractivity contribution in [3.05, 3.63) is 100.0 Å². The molecule has 7 heteroatoms. The molecule has 0 saturated heterocycles. The molecule has 0 unspecified atom stereocenters. The van der Waals surface area contributed by atoms with Crippen LogP contribution in [0.1, 0.15) is 22.5 Å². The zero-order valence-corrected chi connectivity index (χ0v) is 16.4. The lowest BCUT2D eigenvalue weighted by Gasteiger charge is -2.09. The zero-order chi connectivity index (χ0) is 20.2. The molecule has 0 spiro atoms. The first-order valence-corrected chi connectivity index (χ1v) is 9.41. The van der Waals surface area contributed by atoms with Gasteiger partial charge in [-0.15, -0.1) is 0 Å². The number of hydrogen-bond donors (Lipinski definition) is 1. The Kier molecular flexibility index (Phi) is 5.20. The van der Waals surface area contributed by atoms with Gasteiger partial charge in [0.2, 0.25) is 0 Å². The quantitative estimate of drug-likeness (QED) is 0.551. The van der Waals surface area contributed by atoms with E-state index in [-0.39, 0.29) is 5.56 Å². The number of rotatable bonds is 6. The number of anilines is 1. The van der Waals surface area contributed by atoms with E-state index in [0.717, 1.165) is 22.5 Å². The molecule has 0 fully saturated rings. The molecular formula is C22H22N6O. The fraction of sp³-hybridized carbons (Fsp3) is 0.182. The van der Waals surface area contributed by atoms with Gasteiger partial charge in [-0.05, 0) is 37.1 Å². The molecule has 29 heavy (non-hydrogen) atoms. The Balaban J connectivity index is 1.42. The van der Waals surface area contributed by atoms with Gasteiger partial charge in [-0.1, -0.05) is 30.3 Å². The van der Waals surface area contributed by atoms with Gasteiger partial charge in [-0.2, -0.15) is 5.10 Å². The fourth-order valence-corrected chi connectivity index (χ4v) is 3.15. The minimum atomic E-state index is -0.000637. The summed E-state index contributed by atoms with van der Waals surface area (Å²) in [5.41, 5.74) is 4.16. The second-order valence-electron chi connectivity index (χ2n) is 6.94. The average Bonchev–Trinajstić information content (AvgIpc) is 3.07. The van der Waals surface area contributed by atoms with Gasteiger partial charge in [-0.25, -0.2) is 9.67 Å².